The van der Waals surface area contributed by atoms with Gasteiger partial charge in [-0.1, -0.05) is 26.8 Å². The maximum atomic E-state index is 10.5. The highest BCUT2D eigenvalue weighted by molar-refractivity contribution is 8.05. The fraction of sp³-hybridized carbons (Fsp3) is 0.500. The first-order chi connectivity index (χ1) is 23.8. The first-order valence-electron chi connectivity index (χ1n) is 16.3. The normalized spacial score (nSPS) is 20.7. The Labute approximate surface area is 301 Å². The fourth-order valence-corrected chi connectivity index (χ4v) is 9.74. The molecule has 2 heterocycles. The van der Waals surface area contributed by atoms with E-state index in [9.17, 15) is 15.3 Å². The summed E-state index contributed by atoms with van der Waals surface area (Å²) in [6, 6.07) is 12.5. The molecule has 6 atom stereocenters. The van der Waals surface area contributed by atoms with Crippen molar-refractivity contribution in [3.63, 3.8) is 0 Å². The molecule has 10 nitrogen and oxygen atoms in total. The second-order valence-electron chi connectivity index (χ2n) is 11.3. The van der Waals surface area contributed by atoms with E-state index in [4.69, 9.17) is 33.2 Å². The third-order valence-electron chi connectivity index (χ3n) is 8.35. The van der Waals surface area contributed by atoms with Gasteiger partial charge >= 0.3 is 0 Å². The molecule has 0 aromatic heterocycles. The standard InChI is InChI=1S/C36H46O10S3/c1-7-47-19-31(48-8-2)36(49-9-3)22-15-26(42-6)35-28(16-22)44-33(30(18-38)46-35)21-13-25(41-5)34-27(14-21)43-32(29(17-37)45-34)20-10-11-23(39)24(12-20)40-4/h10-16,29-33,36-39H,7-9,17-19H2,1-6H3. The van der Waals surface area contributed by atoms with Gasteiger partial charge in [0.05, 0.1) is 34.5 Å². The zero-order chi connectivity index (χ0) is 35.1. The summed E-state index contributed by atoms with van der Waals surface area (Å²) >= 11 is 5.83. The van der Waals surface area contributed by atoms with Crippen molar-refractivity contribution in [3.8, 4) is 46.0 Å². The Hall–Kier alpha value is -2.97. The number of aliphatic hydroxyl groups is 2. The molecular formula is C36H46O10S3. The van der Waals surface area contributed by atoms with E-state index < -0.39 is 24.4 Å². The summed E-state index contributed by atoms with van der Waals surface area (Å²) < 4.78 is 42.7. The Morgan fingerprint density at radius 1 is 0.673 bits per heavy atom. The molecule has 3 N–H and O–H groups in total. The highest BCUT2D eigenvalue weighted by Gasteiger charge is 2.40. The van der Waals surface area contributed by atoms with Crippen molar-refractivity contribution in [2.75, 3.05) is 57.6 Å². The molecule has 268 valence electrons. The first-order valence-corrected chi connectivity index (χ1v) is 19.6. The van der Waals surface area contributed by atoms with E-state index in [1.165, 1.54) is 20.3 Å². The second kappa shape index (κ2) is 17.3. The van der Waals surface area contributed by atoms with Gasteiger partial charge in [0, 0.05) is 27.4 Å². The summed E-state index contributed by atoms with van der Waals surface area (Å²) in [5.74, 6) is 6.91. The van der Waals surface area contributed by atoms with Crippen molar-refractivity contribution in [3.05, 3.63) is 59.2 Å². The minimum atomic E-state index is -0.771. The molecule has 0 fully saturated rings. The van der Waals surface area contributed by atoms with Crippen LogP contribution in [0.4, 0.5) is 0 Å². The van der Waals surface area contributed by atoms with Crippen LogP contribution in [0.1, 0.15) is 54.9 Å². The minimum Gasteiger partial charge on any atom is -0.504 e. The van der Waals surface area contributed by atoms with Crippen LogP contribution in [0.15, 0.2) is 42.5 Å². The van der Waals surface area contributed by atoms with Crippen LogP contribution in [0.3, 0.4) is 0 Å². The third-order valence-corrected chi connectivity index (χ3v) is 12.2. The molecule has 3 aromatic rings. The number of fused-ring (bicyclic) bond motifs is 2. The van der Waals surface area contributed by atoms with Gasteiger partial charge in [-0.15, -0.1) is 0 Å². The van der Waals surface area contributed by atoms with Gasteiger partial charge in [0.2, 0.25) is 11.5 Å². The maximum Gasteiger partial charge on any atom is 0.204 e. The summed E-state index contributed by atoms with van der Waals surface area (Å²) in [5.41, 5.74) is 2.37. The van der Waals surface area contributed by atoms with Crippen molar-refractivity contribution >= 4 is 35.3 Å². The number of phenols is 1. The molecule has 0 bridgehead atoms. The molecule has 49 heavy (non-hydrogen) atoms. The van der Waals surface area contributed by atoms with Crippen LogP contribution in [0, 0.1) is 0 Å². The molecule has 0 aliphatic carbocycles. The molecule has 13 heteroatoms. The highest BCUT2D eigenvalue weighted by atomic mass is 32.2. The number of rotatable bonds is 16. The molecule has 3 aromatic carbocycles. The van der Waals surface area contributed by atoms with E-state index in [1.54, 1.807) is 31.4 Å². The van der Waals surface area contributed by atoms with E-state index in [0.29, 0.717) is 50.9 Å². The van der Waals surface area contributed by atoms with Gasteiger partial charge < -0.3 is 48.5 Å². The minimum absolute atomic E-state index is 0.0171. The van der Waals surface area contributed by atoms with Crippen LogP contribution in [0.2, 0.25) is 0 Å². The van der Waals surface area contributed by atoms with Crippen LogP contribution in [-0.4, -0.2) is 90.3 Å². The Bertz CT molecular complexity index is 1560. The van der Waals surface area contributed by atoms with Crippen molar-refractivity contribution in [2.45, 2.75) is 55.7 Å². The number of hydrogen-bond donors (Lipinski definition) is 3. The first kappa shape index (κ1) is 37.3. The maximum absolute atomic E-state index is 10.5. The van der Waals surface area contributed by atoms with E-state index in [0.717, 1.165) is 28.6 Å². The molecule has 0 amide bonds. The molecular weight excluding hydrogens is 689 g/mol. The van der Waals surface area contributed by atoms with Crippen LogP contribution in [-0.2, 0) is 0 Å². The Morgan fingerprint density at radius 2 is 1.24 bits per heavy atom. The number of aromatic hydroxyl groups is 1. The predicted molar refractivity (Wildman–Crippen MR) is 196 cm³/mol. The molecule has 6 unspecified atom stereocenters. The van der Waals surface area contributed by atoms with Crippen LogP contribution < -0.4 is 33.2 Å². The second-order valence-corrected chi connectivity index (χ2v) is 15.6. The summed E-state index contributed by atoms with van der Waals surface area (Å²) in [4.78, 5) is 0. The van der Waals surface area contributed by atoms with Crippen molar-refractivity contribution < 1.29 is 48.5 Å². The summed E-state index contributed by atoms with van der Waals surface area (Å²) in [5, 5.41) is 31.5. The van der Waals surface area contributed by atoms with E-state index in [2.05, 4.69) is 20.8 Å². The quantitative estimate of drug-likeness (QED) is 0.143. The Morgan fingerprint density at radius 3 is 1.82 bits per heavy atom. The van der Waals surface area contributed by atoms with Crippen LogP contribution >= 0.6 is 35.3 Å². The summed E-state index contributed by atoms with van der Waals surface area (Å²) in [6.07, 6.45) is -3.01. The number of ether oxygens (including phenoxy) is 7. The van der Waals surface area contributed by atoms with Gasteiger partial charge in [-0.3, -0.25) is 0 Å². The number of aliphatic hydroxyl groups excluding tert-OH is 2. The van der Waals surface area contributed by atoms with Crippen LogP contribution in [0.5, 0.6) is 46.0 Å². The smallest absolute Gasteiger partial charge is 0.204 e. The largest absolute Gasteiger partial charge is 0.504 e. The number of phenolic OH excluding ortho intramolecular Hbond substituents is 1. The average Bonchev–Trinajstić information content (AvgIpc) is 3.13. The summed E-state index contributed by atoms with van der Waals surface area (Å²) in [6.45, 7) is 5.90. The van der Waals surface area contributed by atoms with Gasteiger partial charge in [-0.2, -0.15) is 35.3 Å². The topological polar surface area (TPSA) is 125 Å². The zero-order valence-electron chi connectivity index (χ0n) is 28.7. The molecule has 2 aliphatic heterocycles. The van der Waals surface area contributed by atoms with Crippen molar-refractivity contribution in [1.82, 2.24) is 0 Å². The van der Waals surface area contributed by atoms with Gasteiger partial charge in [-0.25, -0.2) is 0 Å². The lowest BCUT2D eigenvalue weighted by atomic mass is 9.99. The van der Waals surface area contributed by atoms with Gasteiger partial charge in [-0.05, 0) is 59.2 Å². The Balaban J connectivity index is 1.54. The van der Waals surface area contributed by atoms with Gasteiger partial charge in [0.15, 0.2) is 58.9 Å². The lowest BCUT2D eigenvalue weighted by Gasteiger charge is -2.37. The number of benzene rings is 3. The predicted octanol–water partition coefficient (Wildman–Crippen LogP) is 6.83. The lowest BCUT2D eigenvalue weighted by molar-refractivity contribution is -0.0194. The van der Waals surface area contributed by atoms with Gasteiger partial charge in [0.25, 0.3) is 0 Å². The van der Waals surface area contributed by atoms with E-state index in [-0.39, 0.29) is 30.0 Å². The fourth-order valence-electron chi connectivity index (χ4n) is 6.06. The monoisotopic (exact) mass is 734 g/mol. The SMILES string of the molecule is CCSCC(SCC)C(SCC)c1cc(OC)c2c(c1)OC(c1cc(OC)c3c(c1)OC(c1ccc(O)c(OC)c1)C(CO)O3)C(CO)O2. The number of thioether (sulfide) groups is 3. The molecule has 0 saturated heterocycles. The average molecular weight is 735 g/mol. The molecule has 0 saturated carbocycles. The third kappa shape index (κ3) is 8.01. The molecule has 0 radical (unpaired) electrons. The number of hydrogen-bond acceptors (Lipinski definition) is 13. The van der Waals surface area contributed by atoms with Crippen molar-refractivity contribution in [1.29, 1.82) is 0 Å². The lowest BCUT2D eigenvalue weighted by Crippen LogP contribution is -2.37. The number of methoxy groups -OCH3 is 3. The highest BCUT2D eigenvalue weighted by Crippen LogP contribution is 2.52. The summed E-state index contributed by atoms with van der Waals surface area (Å²) in [7, 11) is 4.60. The molecule has 2 aliphatic rings. The molecule has 0 spiro atoms. The molecule has 5 rings (SSSR count). The zero-order valence-corrected chi connectivity index (χ0v) is 31.1. The van der Waals surface area contributed by atoms with Crippen molar-refractivity contribution in [2.24, 2.45) is 0 Å². The Kier molecular flexibility index (Phi) is 13.2. The van der Waals surface area contributed by atoms with Crippen LogP contribution in [0.25, 0.3) is 0 Å². The van der Waals surface area contributed by atoms with E-state index in [1.807, 2.05) is 47.4 Å². The van der Waals surface area contributed by atoms with Gasteiger partial charge in [0.1, 0.15) is 0 Å². The van der Waals surface area contributed by atoms with E-state index >= 15 is 0 Å².